The quantitative estimate of drug-likeness (QED) is 0.427. The molecule has 1 fully saturated rings. The predicted octanol–water partition coefficient (Wildman–Crippen LogP) is 5.50. The molecule has 0 radical (unpaired) electrons. The average molecular weight is 512 g/mol. The number of halogens is 2. The van der Waals surface area contributed by atoms with Crippen molar-refractivity contribution in [3.05, 3.63) is 65.0 Å². The van der Waals surface area contributed by atoms with E-state index < -0.39 is 9.84 Å². The molecule has 3 rings (SSSR count). The highest BCUT2D eigenvalue weighted by molar-refractivity contribution is 7.90. The van der Waals surface area contributed by atoms with Gasteiger partial charge in [-0.1, -0.05) is 25.1 Å². The lowest BCUT2D eigenvalue weighted by Crippen LogP contribution is -2.25. The summed E-state index contributed by atoms with van der Waals surface area (Å²) in [5.74, 6) is 1.28. The maximum absolute atomic E-state index is 13.7. The molecule has 0 spiro atoms. The number of nitrogens with one attached hydrogen (secondary N) is 1. The Morgan fingerprint density at radius 2 is 1.88 bits per heavy atom. The van der Waals surface area contributed by atoms with Gasteiger partial charge in [-0.25, -0.2) is 12.8 Å². The number of methoxy groups -OCH3 is 1. The van der Waals surface area contributed by atoms with Crippen molar-refractivity contribution in [2.75, 3.05) is 25.7 Å². The lowest BCUT2D eigenvalue weighted by molar-refractivity contribution is 0.0953. The third-order valence-electron chi connectivity index (χ3n) is 6.59. The first-order valence-corrected chi connectivity index (χ1v) is 13.6. The van der Waals surface area contributed by atoms with Gasteiger partial charge in [-0.15, -0.1) is 12.4 Å². The zero-order valence-electron chi connectivity index (χ0n) is 20.1. The minimum atomic E-state index is -3.01. The van der Waals surface area contributed by atoms with Crippen molar-refractivity contribution in [2.45, 2.75) is 50.9 Å². The summed E-state index contributed by atoms with van der Waals surface area (Å²) in [6, 6.07) is 12.9. The minimum absolute atomic E-state index is 0. The van der Waals surface area contributed by atoms with Crippen molar-refractivity contribution in [3.8, 4) is 5.75 Å². The summed E-state index contributed by atoms with van der Waals surface area (Å²) in [5, 5.41) is 2.78. The van der Waals surface area contributed by atoms with E-state index in [0.29, 0.717) is 42.0 Å². The molecule has 0 bridgehead atoms. The lowest BCUT2D eigenvalue weighted by Gasteiger charge is -2.18. The molecular formula is C26H35ClFNO4S. The molecule has 0 unspecified atom stereocenters. The molecule has 34 heavy (non-hydrogen) atoms. The summed E-state index contributed by atoms with van der Waals surface area (Å²) in [5.41, 5.74) is 2.94. The summed E-state index contributed by atoms with van der Waals surface area (Å²) in [6.45, 7) is 2.53. The summed E-state index contributed by atoms with van der Waals surface area (Å²) in [6.07, 6.45) is 6.06. The molecule has 188 valence electrons. The van der Waals surface area contributed by atoms with Crippen molar-refractivity contribution < 1.29 is 22.3 Å². The standard InChI is InChI=1S/C26H34FNO4S.ClH/c1-18(22-11-12-24(27)25(17-22)32-2)15-19-5-6-23(16-19)20-7-9-21(10-8-20)26(29)28-13-4-14-33(3,30)31;/h7-12,17-19,23H,4-6,13-16H2,1-3H3,(H,28,29);1H/t18-,19+,23+;/m0./s1. The van der Waals surface area contributed by atoms with E-state index in [-0.39, 0.29) is 29.9 Å². The van der Waals surface area contributed by atoms with E-state index in [9.17, 15) is 17.6 Å². The Morgan fingerprint density at radius 1 is 1.18 bits per heavy atom. The Bertz CT molecular complexity index is 1060. The molecule has 2 aromatic carbocycles. The van der Waals surface area contributed by atoms with Crippen molar-refractivity contribution in [1.29, 1.82) is 0 Å². The number of ether oxygens (including phenoxy) is 1. The molecule has 1 saturated carbocycles. The van der Waals surface area contributed by atoms with E-state index in [4.69, 9.17) is 4.74 Å². The van der Waals surface area contributed by atoms with Gasteiger partial charge in [0.05, 0.1) is 12.9 Å². The van der Waals surface area contributed by atoms with Crippen LogP contribution in [0.15, 0.2) is 42.5 Å². The van der Waals surface area contributed by atoms with E-state index in [1.807, 2.05) is 30.3 Å². The van der Waals surface area contributed by atoms with Crippen LogP contribution < -0.4 is 10.1 Å². The third kappa shape index (κ3) is 7.98. The van der Waals surface area contributed by atoms with Crippen LogP contribution in [-0.4, -0.2) is 40.0 Å². The summed E-state index contributed by atoms with van der Waals surface area (Å²) in [4.78, 5) is 12.3. The van der Waals surface area contributed by atoms with Crippen molar-refractivity contribution in [3.63, 3.8) is 0 Å². The highest BCUT2D eigenvalue weighted by atomic mass is 35.5. The summed E-state index contributed by atoms with van der Waals surface area (Å²) in [7, 11) is -1.52. The Kier molecular flexibility index (Phi) is 10.4. The van der Waals surface area contributed by atoms with Gasteiger partial charge >= 0.3 is 0 Å². The molecule has 2 aromatic rings. The molecular weight excluding hydrogens is 477 g/mol. The highest BCUT2D eigenvalue weighted by Crippen LogP contribution is 2.42. The molecule has 8 heteroatoms. The van der Waals surface area contributed by atoms with Crippen LogP contribution in [0.5, 0.6) is 5.75 Å². The van der Waals surface area contributed by atoms with Crippen LogP contribution in [0.2, 0.25) is 0 Å². The van der Waals surface area contributed by atoms with Gasteiger partial charge in [0.2, 0.25) is 0 Å². The van der Waals surface area contributed by atoms with Gasteiger partial charge in [0, 0.05) is 18.4 Å². The Labute approximate surface area is 208 Å². The molecule has 1 N–H and O–H groups in total. The smallest absolute Gasteiger partial charge is 0.251 e. The van der Waals surface area contributed by atoms with E-state index >= 15 is 0 Å². The number of hydrogen-bond acceptors (Lipinski definition) is 4. The van der Waals surface area contributed by atoms with Gasteiger partial charge < -0.3 is 10.1 Å². The monoisotopic (exact) mass is 511 g/mol. The molecule has 0 heterocycles. The van der Waals surface area contributed by atoms with Crippen LogP contribution >= 0.6 is 12.4 Å². The van der Waals surface area contributed by atoms with Crippen LogP contribution in [0, 0.1) is 11.7 Å². The fourth-order valence-corrected chi connectivity index (χ4v) is 5.42. The predicted molar refractivity (Wildman–Crippen MR) is 136 cm³/mol. The van der Waals surface area contributed by atoms with E-state index in [0.717, 1.165) is 31.2 Å². The maximum Gasteiger partial charge on any atom is 0.251 e. The fraction of sp³-hybridized carbons (Fsp3) is 0.500. The Hall–Kier alpha value is -2.12. The SMILES string of the molecule is COc1cc([C@@H](C)C[C@H]2CC[C@@H](c3ccc(C(=O)NCCCS(C)(=O)=O)cc3)C2)ccc1F.Cl. The van der Waals surface area contributed by atoms with Crippen molar-refractivity contribution >= 4 is 28.2 Å². The third-order valence-corrected chi connectivity index (χ3v) is 7.62. The first-order chi connectivity index (χ1) is 15.7. The van der Waals surface area contributed by atoms with Crippen molar-refractivity contribution in [1.82, 2.24) is 5.32 Å². The number of sulfone groups is 1. The fourth-order valence-electron chi connectivity index (χ4n) is 4.76. The van der Waals surface area contributed by atoms with Crippen LogP contribution in [0.1, 0.15) is 72.3 Å². The lowest BCUT2D eigenvalue weighted by atomic mass is 9.88. The van der Waals surface area contributed by atoms with Crippen molar-refractivity contribution in [2.24, 2.45) is 5.92 Å². The zero-order valence-corrected chi connectivity index (χ0v) is 21.7. The van der Waals surface area contributed by atoms with E-state index in [2.05, 4.69) is 12.2 Å². The summed E-state index contributed by atoms with van der Waals surface area (Å²) < 4.78 is 41.2. The maximum atomic E-state index is 13.7. The molecule has 0 aliphatic heterocycles. The number of carbonyl (C=O) groups excluding carboxylic acids is 1. The van der Waals surface area contributed by atoms with Gasteiger partial charge in [-0.2, -0.15) is 0 Å². The van der Waals surface area contributed by atoms with Gasteiger partial charge in [0.25, 0.3) is 5.91 Å². The number of rotatable bonds is 10. The van der Waals surface area contributed by atoms with Crippen LogP contribution in [0.4, 0.5) is 4.39 Å². The van der Waals surface area contributed by atoms with Gasteiger partial charge in [0.15, 0.2) is 11.6 Å². The molecule has 5 nitrogen and oxygen atoms in total. The van der Waals surface area contributed by atoms with Crippen LogP contribution in [0.3, 0.4) is 0 Å². The minimum Gasteiger partial charge on any atom is -0.494 e. The highest BCUT2D eigenvalue weighted by Gasteiger charge is 2.27. The Morgan fingerprint density at radius 3 is 2.53 bits per heavy atom. The number of hydrogen-bond donors (Lipinski definition) is 1. The first-order valence-electron chi connectivity index (χ1n) is 11.6. The molecule has 1 aliphatic carbocycles. The summed E-state index contributed by atoms with van der Waals surface area (Å²) >= 11 is 0. The second-order valence-corrected chi connectivity index (χ2v) is 11.5. The topological polar surface area (TPSA) is 72.5 Å². The molecule has 3 atom stereocenters. The zero-order chi connectivity index (χ0) is 24.0. The van der Waals surface area contributed by atoms with Gasteiger partial charge in [-0.3, -0.25) is 4.79 Å². The number of carbonyl (C=O) groups is 1. The van der Waals surface area contributed by atoms with Crippen LogP contribution in [0.25, 0.3) is 0 Å². The van der Waals surface area contributed by atoms with E-state index in [1.54, 1.807) is 6.07 Å². The number of amides is 1. The molecule has 0 saturated heterocycles. The molecule has 1 aliphatic rings. The normalized spacial score (nSPS) is 18.7. The van der Waals surface area contributed by atoms with Gasteiger partial charge in [-0.05, 0) is 85.3 Å². The molecule has 0 aromatic heterocycles. The van der Waals surface area contributed by atoms with Crippen LogP contribution in [-0.2, 0) is 9.84 Å². The number of benzene rings is 2. The Balaban J connectivity index is 0.00000408. The second kappa shape index (κ2) is 12.5. The molecule has 1 amide bonds. The second-order valence-electron chi connectivity index (χ2n) is 9.27. The largest absolute Gasteiger partial charge is 0.494 e. The first kappa shape index (κ1) is 28.1. The van der Waals surface area contributed by atoms with E-state index in [1.165, 1.54) is 25.0 Å². The average Bonchev–Trinajstić information content (AvgIpc) is 3.24. The van der Waals surface area contributed by atoms with Gasteiger partial charge in [0.1, 0.15) is 9.84 Å².